The molecule has 1 rings (SSSR count). The van der Waals surface area contributed by atoms with Crippen LogP contribution in [0.3, 0.4) is 0 Å². The highest BCUT2D eigenvalue weighted by Gasteiger charge is 2.10. The van der Waals surface area contributed by atoms with E-state index in [4.69, 9.17) is 9.47 Å². The predicted molar refractivity (Wildman–Crippen MR) is 88.7 cm³/mol. The topological polar surface area (TPSA) is 30.5 Å². The molecule has 1 aromatic rings. The van der Waals surface area contributed by atoms with E-state index < -0.39 is 0 Å². The van der Waals surface area contributed by atoms with E-state index in [1.165, 1.54) is 5.57 Å². The van der Waals surface area contributed by atoms with Crippen LogP contribution in [0.25, 0.3) is 6.08 Å². The van der Waals surface area contributed by atoms with Gasteiger partial charge in [-0.1, -0.05) is 25.5 Å². The fourth-order valence-electron chi connectivity index (χ4n) is 1.91. The molecule has 0 aliphatic carbocycles. The summed E-state index contributed by atoms with van der Waals surface area (Å²) in [5.74, 6) is 1.52. The van der Waals surface area contributed by atoms with Crippen LogP contribution >= 0.6 is 15.9 Å². The molecule has 0 aromatic heterocycles. The largest absolute Gasteiger partial charge is 0.493 e. The molecular weight excluding hydrogens is 318 g/mol. The number of rotatable bonds is 8. The van der Waals surface area contributed by atoms with Gasteiger partial charge >= 0.3 is 0 Å². The van der Waals surface area contributed by atoms with Gasteiger partial charge in [-0.15, -0.1) is 0 Å². The molecule has 0 saturated heterocycles. The third-order valence-corrected chi connectivity index (χ3v) is 3.56. The van der Waals surface area contributed by atoms with Gasteiger partial charge in [0.05, 0.1) is 18.2 Å². The Morgan fingerprint density at radius 3 is 2.60 bits per heavy atom. The zero-order chi connectivity index (χ0) is 15.0. The van der Waals surface area contributed by atoms with E-state index >= 15 is 0 Å². The number of benzene rings is 1. The molecule has 4 heteroatoms. The number of hydrogen-bond donors (Lipinski definition) is 1. The summed E-state index contributed by atoms with van der Waals surface area (Å²) >= 11 is 3.55. The van der Waals surface area contributed by atoms with Gasteiger partial charge in [-0.25, -0.2) is 0 Å². The Kier molecular flexibility index (Phi) is 7.70. The van der Waals surface area contributed by atoms with Crippen molar-refractivity contribution < 1.29 is 9.47 Å². The van der Waals surface area contributed by atoms with E-state index in [1.807, 2.05) is 13.0 Å². The van der Waals surface area contributed by atoms with Gasteiger partial charge in [0.15, 0.2) is 11.5 Å². The van der Waals surface area contributed by atoms with Crippen LogP contribution in [0.4, 0.5) is 0 Å². The SMILES string of the molecule is CCNCC(=Cc1cc(Br)c(OCC)c(OC)c1)CC. The van der Waals surface area contributed by atoms with E-state index in [0.29, 0.717) is 6.61 Å². The number of hydrogen-bond acceptors (Lipinski definition) is 3. The van der Waals surface area contributed by atoms with Crippen molar-refractivity contribution in [2.24, 2.45) is 0 Å². The number of ether oxygens (including phenoxy) is 2. The van der Waals surface area contributed by atoms with Crippen LogP contribution in [0, 0.1) is 0 Å². The number of halogens is 1. The zero-order valence-electron chi connectivity index (χ0n) is 12.8. The Hall–Kier alpha value is -1.00. The van der Waals surface area contributed by atoms with Crippen molar-refractivity contribution in [2.75, 3.05) is 26.8 Å². The summed E-state index contributed by atoms with van der Waals surface area (Å²) in [4.78, 5) is 0. The van der Waals surface area contributed by atoms with Gasteiger partial charge in [0.25, 0.3) is 0 Å². The molecule has 0 aliphatic heterocycles. The summed E-state index contributed by atoms with van der Waals surface area (Å²) in [6, 6.07) is 4.08. The van der Waals surface area contributed by atoms with Crippen molar-refractivity contribution in [3.63, 3.8) is 0 Å². The molecule has 0 saturated carbocycles. The third-order valence-electron chi connectivity index (χ3n) is 2.97. The van der Waals surface area contributed by atoms with E-state index in [1.54, 1.807) is 7.11 Å². The van der Waals surface area contributed by atoms with Gasteiger partial charge in [-0.3, -0.25) is 0 Å². The van der Waals surface area contributed by atoms with Crippen LogP contribution in [0.2, 0.25) is 0 Å². The highest BCUT2D eigenvalue weighted by Crippen LogP contribution is 2.37. The first kappa shape index (κ1) is 17.1. The molecule has 0 heterocycles. The molecule has 0 spiro atoms. The van der Waals surface area contributed by atoms with Gasteiger partial charge in [-0.2, -0.15) is 0 Å². The molecule has 0 unspecified atom stereocenters. The molecule has 0 fully saturated rings. The second-order valence-electron chi connectivity index (χ2n) is 4.40. The van der Waals surface area contributed by atoms with Crippen molar-refractivity contribution in [3.05, 3.63) is 27.7 Å². The Balaban J connectivity index is 3.06. The monoisotopic (exact) mass is 341 g/mol. The standard InChI is InChI=1S/C16H24BrNO2/c1-5-12(11-18-6-2)8-13-9-14(17)16(20-7-3)15(10-13)19-4/h8-10,18H,5-7,11H2,1-4H3. The zero-order valence-corrected chi connectivity index (χ0v) is 14.3. The summed E-state index contributed by atoms with van der Waals surface area (Å²) < 4.78 is 11.9. The maximum atomic E-state index is 5.60. The summed E-state index contributed by atoms with van der Waals surface area (Å²) in [5.41, 5.74) is 2.48. The second-order valence-corrected chi connectivity index (χ2v) is 5.26. The summed E-state index contributed by atoms with van der Waals surface area (Å²) in [6.45, 7) is 8.76. The number of likely N-dealkylation sites (N-methyl/N-ethyl adjacent to an activating group) is 1. The fraction of sp³-hybridized carbons (Fsp3) is 0.500. The maximum absolute atomic E-state index is 5.60. The van der Waals surface area contributed by atoms with Gasteiger partial charge in [0, 0.05) is 6.54 Å². The third kappa shape index (κ3) is 4.84. The molecule has 20 heavy (non-hydrogen) atoms. The molecular formula is C16H24BrNO2. The first-order valence-corrected chi connectivity index (χ1v) is 7.85. The van der Waals surface area contributed by atoms with Gasteiger partial charge in [0.2, 0.25) is 0 Å². The Labute approximate surface area is 130 Å². The summed E-state index contributed by atoms with van der Waals surface area (Å²) in [7, 11) is 1.66. The van der Waals surface area contributed by atoms with Crippen molar-refractivity contribution in [1.82, 2.24) is 5.32 Å². The predicted octanol–water partition coefficient (Wildman–Crippen LogP) is 4.26. The fourth-order valence-corrected chi connectivity index (χ4v) is 2.48. The molecule has 0 aliphatic rings. The lowest BCUT2D eigenvalue weighted by atomic mass is 10.1. The number of nitrogens with one attached hydrogen (secondary N) is 1. The molecule has 0 atom stereocenters. The normalized spacial score (nSPS) is 11.6. The average Bonchev–Trinajstić information content (AvgIpc) is 2.45. The quantitative estimate of drug-likeness (QED) is 0.766. The minimum Gasteiger partial charge on any atom is -0.493 e. The minimum atomic E-state index is 0.616. The summed E-state index contributed by atoms with van der Waals surface area (Å²) in [5, 5.41) is 3.36. The molecule has 0 bridgehead atoms. The van der Waals surface area contributed by atoms with E-state index in [2.05, 4.69) is 47.2 Å². The Bertz CT molecular complexity index is 458. The first-order valence-electron chi connectivity index (χ1n) is 7.06. The van der Waals surface area contributed by atoms with Crippen molar-refractivity contribution in [2.45, 2.75) is 27.2 Å². The molecule has 0 amide bonds. The smallest absolute Gasteiger partial charge is 0.175 e. The minimum absolute atomic E-state index is 0.616. The van der Waals surface area contributed by atoms with Crippen LogP contribution in [0.5, 0.6) is 11.5 Å². The van der Waals surface area contributed by atoms with Crippen molar-refractivity contribution >= 4 is 22.0 Å². The summed E-state index contributed by atoms with van der Waals surface area (Å²) in [6.07, 6.45) is 3.23. The van der Waals surface area contributed by atoms with Gasteiger partial charge < -0.3 is 14.8 Å². The van der Waals surface area contributed by atoms with E-state index in [-0.39, 0.29) is 0 Å². The molecule has 112 valence electrons. The molecule has 0 radical (unpaired) electrons. The van der Waals surface area contributed by atoms with Gasteiger partial charge in [0.1, 0.15) is 0 Å². The Morgan fingerprint density at radius 1 is 1.30 bits per heavy atom. The van der Waals surface area contributed by atoms with Crippen LogP contribution in [-0.4, -0.2) is 26.8 Å². The van der Waals surface area contributed by atoms with E-state index in [0.717, 1.165) is 41.0 Å². The van der Waals surface area contributed by atoms with Crippen molar-refractivity contribution in [1.29, 1.82) is 0 Å². The van der Waals surface area contributed by atoms with E-state index in [9.17, 15) is 0 Å². The average molecular weight is 342 g/mol. The Morgan fingerprint density at radius 2 is 2.05 bits per heavy atom. The van der Waals surface area contributed by atoms with Crippen LogP contribution in [0.15, 0.2) is 22.2 Å². The van der Waals surface area contributed by atoms with Crippen molar-refractivity contribution in [3.8, 4) is 11.5 Å². The first-order chi connectivity index (χ1) is 9.65. The van der Waals surface area contributed by atoms with Crippen LogP contribution in [-0.2, 0) is 0 Å². The van der Waals surface area contributed by atoms with Crippen LogP contribution in [0.1, 0.15) is 32.8 Å². The number of methoxy groups -OCH3 is 1. The maximum Gasteiger partial charge on any atom is 0.175 e. The molecule has 1 aromatic carbocycles. The highest BCUT2D eigenvalue weighted by molar-refractivity contribution is 9.10. The van der Waals surface area contributed by atoms with Gasteiger partial charge in [-0.05, 0) is 53.5 Å². The second kappa shape index (κ2) is 9.03. The molecule has 3 nitrogen and oxygen atoms in total. The lowest BCUT2D eigenvalue weighted by Crippen LogP contribution is -2.15. The highest BCUT2D eigenvalue weighted by atomic mass is 79.9. The molecule has 1 N–H and O–H groups in total. The van der Waals surface area contributed by atoms with Crippen LogP contribution < -0.4 is 14.8 Å². The lowest BCUT2D eigenvalue weighted by Gasteiger charge is -2.13. The lowest BCUT2D eigenvalue weighted by molar-refractivity contribution is 0.309.